The van der Waals surface area contributed by atoms with Crippen molar-refractivity contribution in [3.05, 3.63) is 76.0 Å². The van der Waals surface area contributed by atoms with Crippen molar-refractivity contribution in [2.45, 2.75) is 40.7 Å². The van der Waals surface area contributed by atoms with Gasteiger partial charge < -0.3 is 28.4 Å². The molecule has 0 fully saturated rings. The van der Waals surface area contributed by atoms with E-state index >= 15 is 0 Å². The molecular formula is C32H35IN2O9S. The maximum Gasteiger partial charge on any atom is 0.344 e. The van der Waals surface area contributed by atoms with Gasteiger partial charge in [0.15, 0.2) is 34.4 Å². The van der Waals surface area contributed by atoms with Gasteiger partial charge in [-0.15, -0.1) is 0 Å². The maximum absolute atomic E-state index is 14.2. The van der Waals surface area contributed by atoms with Crippen molar-refractivity contribution in [2.75, 3.05) is 40.1 Å². The topological polar surface area (TPSA) is 124 Å². The number of methoxy groups -OCH3 is 1. The monoisotopic (exact) mass is 750 g/mol. The molecular weight excluding hydrogens is 715 g/mol. The molecule has 1 aliphatic rings. The minimum absolute atomic E-state index is 0.156. The van der Waals surface area contributed by atoms with E-state index in [9.17, 15) is 14.4 Å². The Bertz CT molecular complexity index is 1790. The number of ether oxygens (including phenoxy) is 6. The molecule has 240 valence electrons. The Hall–Kier alpha value is -3.85. The van der Waals surface area contributed by atoms with Crippen molar-refractivity contribution in [2.24, 2.45) is 4.99 Å². The van der Waals surface area contributed by atoms with E-state index in [1.54, 1.807) is 51.1 Å². The average molecular weight is 751 g/mol. The molecule has 2 heterocycles. The number of halogens is 1. The summed E-state index contributed by atoms with van der Waals surface area (Å²) in [5, 5.41) is 0. The van der Waals surface area contributed by atoms with E-state index in [1.165, 1.54) is 23.0 Å². The lowest BCUT2D eigenvalue weighted by atomic mass is 9.94. The number of aromatic nitrogens is 1. The van der Waals surface area contributed by atoms with Crippen molar-refractivity contribution in [1.82, 2.24) is 4.57 Å². The van der Waals surface area contributed by atoms with Crippen LogP contribution in [0, 0.1) is 3.57 Å². The highest BCUT2D eigenvalue weighted by Crippen LogP contribution is 2.41. The molecule has 1 aliphatic heterocycles. The highest BCUT2D eigenvalue weighted by molar-refractivity contribution is 14.1. The zero-order valence-electron chi connectivity index (χ0n) is 25.9. The molecule has 1 aromatic heterocycles. The van der Waals surface area contributed by atoms with Gasteiger partial charge in [0.2, 0.25) is 0 Å². The number of hydrogen-bond donors (Lipinski definition) is 0. The molecule has 0 N–H and O–H groups in total. The number of para-hydroxylation sites is 1. The number of hydrogen-bond acceptors (Lipinski definition) is 11. The quantitative estimate of drug-likeness (QED) is 0.187. The first-order chi connectivity index (χ1) is 21.7. The molecule has 0 bridgehead atoms. The molecule has 0 saturated carbocycles. The second-order valence-corrected chi connectivity index (χ2v) is 11.6. The Kier molecular flexibility index (Phi) is 11.7. The molecule has 1 atom stereocenters. The summed E-state index contributed by atoms with van der Waals surface area (Å²) < 4.78 is 36.1. The predicted molar refractivity (Wildman–Crippen MR) is 177 cm³/mol. The molecule has 3 aromatic rings. The summed E-state index contributed by atoms with van der Waals surface area (Å²) in [6.45, 7) is 9.69. The van der Waals surface area contributed by atoms with Crippen LogP contribution in [0.1, 0.15) is 51.8 Å². The van der Waals surface area contributed by atoms with E-state index in [0.29, 0.717) is 65.9 Å². The molecule has 45 heavy (non-hydrogen) atoms. The van der Waals surface area contributed by atoms with E-state index in [0.717, 1.165) is 0 Å². The lowest BCUT2D eigenvalue weighted by Crippen LogP contribution is -2.40. The molecule has 0 unspecified atom stereocenters. The fraction of sp³-hybridized carbons (Fsp3) is 0.375. The molecule has 4 rings (SSSR count). The molecule has 13 heteroatoms. The van der Waals surface area contributed by atoms with Gasteiger partial charge in [-0.05, 0) is 87.0 Å². The smallest absolute Gasteiger partial charge is 0.344 e. The number of allylic oxidation sites excluding steroid dienone is 1. The van der Waals surface area contributed by atoms with Crippen LogP contribution in [-0.4, -0.2) is 56.6 Å². The summed E-state index contributed by atoms with van der Waals surface area (Å²) in [4.78, 5) is 44.5. The molecule has 0 radical (unpaired) electrons. The van der Waals surface area contributed by atoms with Gasteiger partial charge in [0.25, 0.3) is 5.56 Å². The van der Waals surface area contributed by atoms with E-state index in [1.807, 2.05) is 19.9 Å². The molecule has 0 spiro atoms. The number of fused-ring (bicyclic) bond motifs is 1. The third kappa shape index (κ3) is 7.35. The second-order valence-electron chi connectivity index (χ2n) is 9.47. The summed E-state index contributed by atoms with van der Waals surface area (Å²) >= 11 is 3.30. The van der Waals surface area contributed by atoms with Crippen molar-refractivity contribution in [3.63, 3.8) is 0 Å². The normalized spacial score (nSPS) is 14.4. The number of rotatable bonds is 13. The Morgan fingerprint density at radius 3 is 2.38 bits per heavy atom. The van der Waals surface area contributed by atoms with Crippen LogP contribution in [0.3, 0.4) is 0 Å². The van der Waals surface area contributed by atoms with Gasteiger partial charge in [-0.2, -0.15) is 0 Å². The Labute approximate surface area is 278 Å². The highest BCUT2D eigenvalue weighted by Gasteiger charge is 2.36. The molecule has 11 nitrogen and oxygen atoms in total. The number of benzene rings is 2. The molecule has 0 amide bonds. The third-order valence-electron chi connectivity index (χ3n) is 6.60. The first kappa shape index (κ1) is 34.0. The third-order valence-corrected chi connectivity index (χ3v) is 8.38. The summed E-state index contributed by atoms with van der Waals surface area (Å²) in [5.74, 6) is 0.656. The Balaban J connectivity index is 1.90. The lowest BCUT2D eigenvalue weighted by molar-refractivity contribution is -0.145. The second kappa shape index (κ2) is 15.4. The maximum atomic E-state index is 14.2. The van der Waals surface area contributed by atoms with Crippen molar-refractivity contribution < 1.29 is 38.0 Å². The van der Waals surface area contributed by atoms with Gasteiger partial charge >= 0.3 is 11.9 Å². The van der Waals surface area contributed by atoms with Crippen LogP contribution in [0.25, 0.3) is 6.08 Å². The first-order valence-electron chi connectivity index (χ1n) is 14.4. The number of thiazole rings is 1. The fourth-order valence-corrected chi connectivity index (χ4v) is 6.68. The van der Waals surface area contributed by atoms with E-state index in [2.05, 4.69) is 27.6 Å². The summed E-state index contributed by atoms with van der Waals surface area (Å²) in [6, 6.07) is 8.04. The van der Waals surface area contributed by atoms with Crippen LogP contribution >= 0.6 is 33.9 Å². The number of carbonyl (C=O) groups is 2. The molecule has 0 aliphatic carbocycles. The van der Waals surface area contributed by atoms with Crippen molar-refractivity contribution in [3.8, 4) is 23.0 Å². The van der Waals surface area contributed by atoms with E-state index in [-0.39, 0.29) is 31.0 Å². The zero-order valence-corrected chi connectivity index (χ0v) is 28.9. The van der Waals surface area contributed by atoms with Crippen LogP contribution in [-0.2, 0) is 19.1 Å². The Morgan fingerprint density at radius 2 is 1.71 bits per heavy atom. The van der Waals surface area contributed by atoms with E-state index < -0.39 is 18.0 Å². The molecule has 2 aromatic carbocycles. The predicted octanol–water partition coefficient (Wildman–Crippen LogP) is 4.15. The number of nitrogens with zero attached hydrogens (tertiary/aromatic N) is 2. The number of carbonyl (C=O) groups excluding carboxylic acids is 2. The fourth-order valence-electron chi connectivity index (χ4n) is 4.85. The van der Waals surface area contributed by atoms with Crippen LogP contribution in [0.5, 0.6) is 23.0 Å². The average Bonchev–Trinajstić information content (AvgIpc) is 3.30. The van der Waals surface area contributed by atoms with Gasteiger partial charge in [-0.25, -0.2) is 14.6 Å². The van der Waals surface area contributed by atoms with E-state index in [4.69, 9.17) is 28.4 Å². The Morgan fingerprint density at radius 1 is 0.978 bits per heavy atom. The van der Waals surface area contributed by atoms with Crippen molar-refractivity contribution in [1.29, 1.82) is 0 Å². The first-order valence-corrected chi connectivity index (χ1v) is 16.3. The highest BCUT2D eigenvalue weighted by atomic mass is 127. The van der Waals surface area contributed by atoms with Gasteiger partial charge in [0.1, 0.15) is 6.04 Å². The van der Waals surface area contributed by atoms with Crippen LogP contribution in [0.15, 0.2) is 51.4 Å². The van der Waals surface area contributed by atoms with Crippen molar-refractivity contribution >= 4 is 51.9 Å². The minimum Gasteiger partial charge on any atom is -0.493 e. The van der Waals surface area contributed by atoms with Crippen LogP contribution in [0.4, 0.5) is 0 Å². The zero-order chi connectivity index (χ0) is 32.7. The summed E-state index contributed by atoms with van der Waals surface area (Å²) in [5.41, 5.74) is 1.57. The van der Waals surface area contributed by atoms with Crippen LogP contribution < -0.4 is 33.8 Å². The van der Waals surface area contributed by atoms with Gasteiger partial charge in [0.05, 0.1) is 52.9 Å². The largest absolute Gasteiger partial charge is 0.493 e. The minimum atomic E-state index is -0.878. The summed E-state index contributed by atoms with van der Waals surface area (Å²) in [6.07, 6.45) is 1.74. The lowest BCUT2D eigenvalue weighted by Gasteiger charge is -2.26. The summed E-state index contributed by atoms with van der Waals surface area (Å²) in [7, 11) is 1.53. The standard InChI is InChI=1S/C32H35IN2O9S/c1-7-40-23-15-19(14-21(33)29(23)44-17-25(36)41-8-2)16-24-30(37)35-27(20-12-11-13-22(39-6)28(20)42-9-3)26(31(38)43-10-4)18(5)34-32(35)45-24/h11-16,27H,7-10,17H2,1-6H3/b24-16+/t27-/m1/s1. The number of esters is 2. The van der Waals surface area contributed by atoms with Gasteiger partial charge in [-0.1, -0.05) is 23.5 Å². The van der Waals surface area contributed by atoms with Gasteiger partial charge in [0, 0.05) is 5.56 Å². The van der Waals surface area contributed by atoms with Gasteiger partial charge in [-0.3, -0.25) is 9.36 Å². The van der Waals surface area contributed by atoms with Crippen LogP contribution in [0.2, 0.25) is 0 Å². The SMILES string of the molecule is CCOC(=O)COc1c(I)cc(/C=c2/sc3n(c2=O)[C@H](c2cccc(OC)c2OCC)C(C(=O)OCC)=C(C)N=3)cc1OCC. The molecule has 0 saturated heterocycles.